The molecule has 9 nitrogen and oxygen atoms in total. The Labute approximate surface area is 261 Å². The molecule has 1 aromatic heterocycles. The van der Waals surface area contributed by atoms with Crippen LogP contribution in [-0.2, 0) is 29.0 Å². The molecule has 0 atom stereocenters. The fourth-order valence-electron chi connectivity index (χ4n) is 5.69. The standard InChI is InChI=1S/C35H48N4O5/c1-9-37(10-2)22-30-23(4)16-26-18-27(33(41)36-32(26)24(30)5)19-39(28-20-38(21-28)34(42)44-35(6,7)8)31(40)17-25-12-14-29(15-13-25)43-11-3/h12-16,18,28H,9-11,17,19-22H2,1-8H3,(H,36,41). The molecule has 1 saturated heterocycles. The van der Waals surface area contributed by atoms with E-state index >= 15 is 0 Å². The first-order chi connectivity index (χ1) is 20.8. The Kier molecular flexibility index (Phi) is 10.4. The van der Waals surface area contributed by atoms with Crippen molar-refractivity contribution in [1.29, 1.82) is 0 Å². The maximum Gasteiger partial charge on any atom is 0.410 e. The lowest BCUT2D eigenvalue weighted by Crippen LogP contribution is -2.63. The van der Waals surface area contributed by atoms with Gasteiger partial charge in [0.15, 0.2) is 0 Å². The second-order valence-corrected chi connectivity index (χ2v) is 12.7. The highest BCUT2D eigenvalue weighted by Crippen LogP contribution is 2.27. The summed E-state index contributed by atoms with van der Waals surface area (Å²) < 4.78 is 11.1. The molecule has 0 aliphatic carbocycles. The number of hydrogen-bond acceptors (Lipinski definition) is 6. The van der Waals surface area contributed by atoms with Crippen molar-refractivity contribution in [2.45, 2.75) is 86.5 Å². The molecule has 2 aromatic carbocycles. The number of aromatic amines is 1. The Hall–Kier alpha value is -3.85. The molecule has 0 bridgehead atoms. The predicted octanol–water partition coefficient (Wildman–Crippen LogP) is 5.58. The topological polar surface area (TPSA) is 95.2 Å². The van der Waals surface area contributed by atoms with E-state index in [9.17, 15) is 14.4 Å². The number of nitrogens with one attached hydrogen (secondary N) is 1. The van der Waals surface area contributed by atoms with Crippen molar-refractivity contribution in [2.24, 2.45) is 0 Å². The van der Waals surface area contributed by atoms with Gasteiger partial charge in [-0.25, -0.2) is 4.79 Å². The van der Waals surface area contributed by atoms with Crippen molar-refractivity contribution in [1.82, 2.24) is 19.7 Å². The van der Waals surface area contributed by atoms with Gasteiger partial charge in [0.25, 0.3) is 5.56 Å². The minimum absolute atomic E-state index is 0.107. The zero-order valence-corrected chi connectivity index (χ0v) is 27.6. The number of carbonyl (C=O) groups is 2. The number of aryl methyl sites for hydroxylation is 2. The first kappa shape index (κ1) is 33.1. The lowest BCUT2D eigenvalue weighted by atomic mass is 9.97. The molecule has 1 N–H and O–H groups in total. The van der Waals surface area contributed by atoms with Crippen molar-refractivity contribution in [3.8, 4) is 5.75 Å². The molecular formula is C35H48N4O5. The van der Waals surface area contributed by atoms with Crippen LogP contribution in [0.15, 0.2) is 41.2 Å². The molecule has 0 radical (unpaired) electrons. The molecule has 44 heavy (non-hydrogen) atoms. The third kappa shape index (κ3) is 7.80. The molecule has 4 rings (SSSR count). The molecule has 0 spiro atoms. The number of likely N-dealkylation sites (tertiary alicyclic amines) is 1. The lowest BCUT2D eigenvalue weighted by molar-refractivity contribution is -0.137. The van der Waals surface area contributed by atoms with Crippen LogP contribution in [-0.4, -0.2) is 76.1 Å². The second-order valence-electron chi connectivity index (χ2n) is 12.7. The number of benzene rings is 2. The summed E-state index contributed by atoms with van der Waals surface area (Å²) in [6, 6.07) is 11.3. The van der Waals surface area contributed by atoms with Crippen molar-refractivity contribution in [3.05, 3.63) is 74.6 Å². The van der Waals surface area contributed by atoms with Crippen LogP contribution in [0.2, 0.25) is 0 Å². The van der Waals surface area contributed by atoms with Crippen LogP contribution in [0, 0.1) is 13.8 Å². The van der Waals surface area contributed by atoms with E-state index in [2.05, 4.69) is 43.6 Å². The Balaban J connectivity index is 1.61. The summed E-state index contributed by atoms with van der Waals surface area (Å²) in [6.45, 7) is 20.1. The van der Waals surface area contributed by atoms with Gasteiger partial charge >= 0.3 is 6.09 Å². The monoisotopic (exact) mass is 604 g/mol. The van der Waals surface area contributed by atoms with Crippen LogP contribution in [0.3, 0.4) is 0 Å². The Morgan fingerprint density at radius 1 is 1.00 bits per heavy atom. The molecule has 3 aromatic rings. The number of pyridine rings is 1. The van der Waals surface area contributed by atoms with Crippen LogP contribution in [0.4, 0.5) is 4.79 Å². The molecule has 9 heteroatoms. The van der Waals surface area contributed by atoms with E-state index in [0.29, 0.717) is 25.3 Å². The summed E-state index contributed by atoms with van der Waals surface area (Å²) in [4.78, 5) is 48.8. The zero-order chi connectivity index (χ0) is 32.2. The average Bonchev–Trinajstić information content (AvgIpc) is 2.93. The van der Waals surface area contributed by atoms with Crippen LogP contribution in [0.5, 0.6) is 5.75 Å². The molecule has 1 aliphatic rings. The average molecular weight is 605 g/mol. The smallest absolute Gasteiger partial charge is 0.410 e. The Morgan fingerprint density at radius 3 is 2.25 bits per heavy atom. The van der Waals surface area contributed by atoms with Gasteiger partial charge in [-0.1, -0.05) is 26.0 Å². The number of nitrogens with zero attached hydrogens (tertiary/aromatic N) is 3. The van der Waals surface area contributed by atoms with Gasteiger partial charge < -0.3 is 24.3 Å². The van der Waals surface area contributed by atoms with Gasteiger partial charge in [0.1, 0.15) is 11.4 Å². The van der Waals surface area contributed by atoms with Gasteiger partial charge in [0.2, 0.25) is 5.91 Å². The number of amides is 2. The van der Waals surface area contributed by atoms with E-state index in [0.717, 1.165) is 47.4 Å². The Morgan fingerprint density at radius 2 is 1.66 bits per heavy atom. The lowest BCUT2D eigenvalue weighted by Gasteiger charge is -2.45. The number of fused-ring (bicyclic) bond motifs is 1. The van der Waals surface area contributed by atoms with Gasteiger partial charge in [-0.2, -0.15) is 0 Å². The molecule has 1 fully saturated rings. The van der Waals surface area contributed by atoms with Crippen molar-refractivity contribution in [2.75, 3.05) is 32.8 Å². The fraction of sp³-hybridized carbons (Fsp3) is 0.514. The van der Waals surface area contributed by atoms with Gasteiger partial charge in [-0.15, -0.1) is 0 Å². The van der Waals surface area contributed by atoms with Gasteiger partial charge in [-0.05, 0) is 107 Å². The Bertz CT molecular complexity index is 1530. The highest BCUT2D eigenvalue weighted by molar-refractivity contribution is 5.85. The van der Waals surface area contributed by atoms with E-state index in [4.69, 9.17) is 9.47 Å². The minimum atomic E-state index is -0.606. The normalized spacial score (nSPS) is 13.7. The summed E-state index contributed by atoms with van der Waals surface area (Å²) in [5.74, 6) is 0.644. The number of hydrogen-bond donors (Lipinski definition) is 1. The molecular weight excluding hydrogens is 556 g/mol. The number of H-pyrrole nitrogens is 1. The quantitative estimate of drug-likeness (QED) is 0.307. The number of ether oxygens (including phenoxy) is 2. The maximum absolute atomic E-state index is 13.8. The molecule has 238 valence electrons. The third-order valence-electron chi connectivity index (χ3n) is 8.31. The van der Waals surface area contributed by atoms with E-state index < -0.39 is 11.7 Å². The van der Waals surface area contributed by atoms with E-state index in [1.807, 2.05) is 58.0 Å². The van der Waals surface area contributed by atoms with Gasteiger partial charge in [0, 0.05) is 25.2 Å². The summed E-state index contributed by atoms with van der Waals surface area (Å²) in [5, 5.41) is 0.945. The van der Waals surface area contributed by atoms with E-state index in [1.54, 1.807) is 9.80 Å². The highest BCUT2D eigenvalue weighted by Gasteiger charge is 2.39. The zero-order valence-electron chi connectivity index (χ0n) is 27.6. The van der Waals surface area contributed by atoms with Crippen molar-refractivity contribution >= 4 is 22.9 Å². The molecule has 0 saturated carbocycles. The minimum Gasteiger partial charge on any atom is -0.494 e. The van der Waals surface area contributed by atoms with Crippen LogP contribution in [0.1, 0.15) is 69.4 Å². The largest absolute Gasteiger partial charge is 0.494 e. The molecule has 1 aliphatic heterocycles. The molecule has 2 heterocycles. The SMILES string of the molecule is CCOc1ccc(CC(=O)N(Cc2cc3cc(C)c(CN(CC)CC)c(C)c3[nH]c2=O)C2CN(C(=O)OC(C)(C)C)C2)cc1. The van der Waals surface area contributed by atoms with E-state index in [1.165, 1.54) is 11.1 Å². The second kappa shape index (κ2) is 13.8. The predicted molar refractivity (Wildman–Crippen MR) is 174 cm³/mol. The highest BCUT2D eigenvalue weighted by atomic mass is 16.6. The summed E-state index contributed by atoms with van der Waals surface area (Å²) >= 11 is 0. The van der Waals surface area contributed by atoms with Crippen LogP contribution < -0.4 is 10.3 Å². The third-order valence-corrected chi connectivity index (χ3v) is 8.31. The maximum atomic E-state index is 13.8. The van der Waals surface area contributed by atoms with Gasteiger partial charge in [0.05, 0.1) is 31.1 Å². The van der Waals surface area contributed by atoms with Gasteiger partial charge in [-0.3, -0.25) is 14.5 Å². The summed E-state index contributed by atoms with van der Waals surface area (Å²) in [5.41, 5.74) is 4.87. The summed E-state index contributed by atoms with van der Waals surface area (Å²) in [6.07, 6.45) is -0.226. The number of aromatic nitrogens is 1. The molecule has 0 unspecified atom stereocenters. The first-order valence-electron chi connectivity index (χ1n) is 15.7. The van der Waals surface area contributed by atoms with Crippen molar-refractivity contribution in [3.63, 3.8) is 0 Å². The first-order valence-corrected chi connectivity index (χ1v) is 15.7. The van der Waals surface area contributed by atoms with E-state index in [-0.39, 0.29) is 30.5 Å². The molecule has 2 amide bonds. The van der Waals surface area contributed by atoms with Crippen LogP contribution >= 0.6 is 0 Å². The van der Waals surface area contributed by atoms with Crippen LogP contribution in [0.25, 0.3) is 10.9 Å². The fourth-order valence-corrected chi connectivity index (χ4v) is 5.69. The van der Waals surface area contributed by atoms with Crippen molar-refractivity contribution < 1.29 is 19.1 Å². The summed E-state index contributed by atoms with van der Waals surface area (Å²) in [7, 11) is 0. The number of carbonyl (C=O) groups excluding carboxylic acids is 2. The number of rotatable bonds is 11.